The number of imide groups is 1. The summed E-state index contributed by atoms with van der Waals surface area (Å²) in [4.78, 5) is 39.2. The van der Waals surface area contributed by atoms with E-state index in [1.807, 2.05) is 44.4 Å². The van der Waals surface area contributed by atoms with Crippen LogP contribution in [0.3, 0.4) is 0 Å². The lowest BCUT2D eigenvalue weighted by atomic mass is 10.1. The summed E-state index contributed by atoms with van der Waals surface area (Å²) in [5.74, 6) is -1.18. The monoisotopic (exact) mass is 352 g/mol. The number of rotatable bonds is 6. The van der Waals surface area contributed by atoms with Crippen LogP contribution in [0.1, 0.15) is 32.3 Å². The number of quaternary nitrogens is 1. The van der Waals surface area contributed by atoms with Gasteiger partial charge in [0.05, 0.1) is 31.8 Å². The number of amides is 3. The molecule has 1 atom stereocenters. The maximum atomic E-state index is 12.3. The Kier molecular flexibility index (Phi) is 5.14. The van der Waals surface area contributed by atoms with E-state index in [0.717, 1.165) is 10.5 Å². The highest BCUT2D eigenvalue weighted by Crippen LogP contribution is 2.21. The molecule has 1 aliphatic heterocycles. The van der Waals surface area contributed by atoms with Gasteiger partial charge in [-0.05, 0) is 12.1 Å². The van der Waals surface area contributed by atoms with Gasteiger partial charge < -0.3 is 10.2 Å². The third-order valence-electron chi connectivity index (χ3n) is 4.58. The minimum absolute atomic E-state index is 0.0855. The zero-order chi connectivity index (χ0) is 18.7. The molecular formula is C20H22N3O3+. The summed E-state index contributed by atoms with van der Waals surface area (Å²) < 4.78 is 0. The van der Waals surface area contributed by atoms with Gasteiger partial charge in [-0.25, -0.2) is 0 Å². The minimum atomic E-state index is -0.418. The summed E-state index contributed by atoms with van der Waals surface area (Å²) in [5, 5.41) is 2.85. The standard InChI is InChI=1S/C20H21N3O3/c1-22(2)17(14-8-4-3-5-9-14)12-21-18(24)13-23-19(25)15-10-6-7-11-16(15)20(23)26/h3-11,17H,12-13H2,1-2H3,(H,21,24)/p+1/t17-/m0/s1. The van der Waals surface area contributed by atoms with Gasteiger partial charge in [-0.2, -0.15) is 0 Å². The normalized spacial score (nSPS) is 14.5. The molecule has 0 spiro atoms. The molecule has 0 radical (unpaired) electrons. The molecule has 2 aromatic carbocycles. The summed E-state index contributed by atoms with van der Waals surface area (Å²) in [7, 11) is 4.04. The van der Waals surface area contributed by atoms with Crippen LogP contribution < -0.4 is 10.2 Å². The Balaban J connectivity index is 1.63. The van der Waals surface area contributed by atoms with Crippen LogP contribution in [0.15, 0.2) is 54.6 Å². The molecule has 0 aliphatic carbocycles. The average molecular weight is 352 g/mol. The second-order valence-corrected chi connectivity index (χ2v) is 6.59. The summed E-state index contributed by atoms with van der Waals surface area (Å²) in [6, 6.07) is 16.6. The van der Waals surface area contributed by atoms with Gasteiger partial charge in [0.25, 0.3) is 11.8 Å². The van der Waals surface area contributed by atoms with Gasteiger partial charge in [0.1, 0.15) is 12.6 Å². The topological polar surface area (TPSA) is 70.9 Å². The van der Waals surface area contributed by atoms with Crippen LogP contribution in [-0.4, -0.2) is 49.8 Å². The summed E-state index contributed by atoms with van der Waals surface area (Å²) >= 11 is 0. The predicted molar refractivity (Wildman–Crippen MR) is 96.8 cm³/mol. The lowest BCUT2D eigenvalue weighted by molar-refractivity contribution is -0.890. The fourth-order valence-electron chi connectivity index (χ4n) is 3.14. The smallest absolute Gasteiger partial charge is 0.262 e. The second-order valence-electron chi connectivity index (χ2n) is 6.59. The zero-order valence-electron chi connectivity index (χ0n) is 14.9. The fourth-order valence-corrected chi connectivity index (χ4v) is 3.14. The molecule has 26 heavy (non-hydrogen) atoms. The van der Waals surface area contributed by atoms with Gasteiger partial charge >= 0.3 is 0 Å². The molecule has 2 N–H and O–H groups in total. The summed E-state index contributed by atoms with van der Waals surface area (Å²) in [6.45, 7) is 0.158. The molecule has 0 unspecified atom stereocenters. The van der Waals surface area contributed by atoms with E-state index in [0.29, 0.717) is 17.7 Å². The van der Waals surface area contributed by atoms with Crippen molar-refractivity contribution in [3.63, 3.8) is 0 Å². The Morgan fingerprint density at radius 2 is 1.50 bits per heavy atom. The molecule has 0 saturated heterocycles. The summed E-state index contributed by atoms with van der Waals surface area (Å²) in [5.41, 5.74) is 1.82. The van der Waals surface area contributed by atoms with Crippen LogP contribution in [0.2, 0.25) is 0 Å². The number of hydrogen-bond acceptors (Lipinski definition) is 3. The molecule has 0 aromatic heterocycles. The molecule has 0 fully saturated rings. The lowest BCUT2D eigenvalue weighted by Crippen LogP contribution is -3.07. The van der Waals surface area contributed by atoms with Crippen LogP contribution in [0.25, 0.3) is 0 Å². The van der Waals surface area contributed by atoms with Gasteiger partial charge in [0.2, 0.25) is 5.91 Å². The van der Waals surface area contributed by atoms with Crippen molar-refractivity contribution < 1.29 is 19.3 Å². The molecule has 1 heterocycles. The van der Waals surface area contributed by atoms with Gasteiger partial charge in [0, 0.05) is 5.56 Å². The number of fused-ring (bicyclic) bond motifs is 1. The maximum absolute atomic E-state index is 12.3. The minimum Gasteiger partial charge on any atom is -0.348 e. The van der Waals surface area contributed by atoms with E-state index in [1.165, 1.54) is 4.90 Å². The van der Waals surface area contributed by atoms with Crippen molar-refractivity contribution in [1.82, 2.24) is 10.2 Å². The van der Waals surface area contributed by atoms with Crippen LogP contribution in [0, 0.1) is 0 Å². The molecule has 6 nitrogen and oxygen atoms in total. The first-order valence-electron chi connectivity index (χ1n) is 8.56. The van der Waals surface area contributed by atoms with E-state index in [-0.39, 0.29) is 18.5 Å². The Morgan fingerprint density at radius 1 is 0.962 bits per heavy atom. The highest BCUT2D eigenvalue weighted by molar-refractivity contribution is 6.22. The van der Waals surface area contributed by atoms with Crippen LogP contribution in [0.4, 0.5) is 0 Å². The van der Waals surface area contributed by atoms with Crippen LogP contribution in [-0.2, 0) is 4.79 Å². The van der Waals surface area contributed by atoms with Gasteiger partial charge in [-0.1, -0.05) is 42.5 Å². The number of hydrogen-bond donors (Lipinski definition) is 2. The van der Waals surface area contributed by atoms with Crippen molar-refractivity contribution in [2.24, 2.45) is 0 Å². The number of likely N-dealkylation sites (N-methyl/N-ethyl adjacent to an activating group) is 1. The molecule has 3 rings (SSSR count). The molecule has 6 heteroatoms. The number of nitrogens with zero attached hydrogens (tertiary/aromatic N) is 1. The fraction of sp³-hybridized carbons (Fsp3) is 0.250. The molecule has 2 aromatic rings. The average Bonchev–Trinajstić information content (AvgIpc) is 2.88. The first kappa shape index (κ1) is 17.8. The lowest BCUT2D eigenvalue weighted by Gasteiger charge is -2.22. The Morgan fingerprint density at radius 3 is 2.04 bits per heavy atom. The maximum Gasteiger partial charge on any atom is 0.262 e. The predicted octanol–water partition coefficient (Wildman–Crippen LogP) is 0.285. The van der Waals surface area contributed by atoms with E-state index in [4.69, 9.17) is 0 Å². The second kappa shape index (κ2) is 7.49. The SMILES string of the molecule is C[NH+](C)[C@@H](CNC(=O)CN1C(=O)c2ccccc2C1=O)c1ccccc1. The third kappa shape index (κ3) is 3.50. The zero-order valence-corrected chi connectivity index (χ0v) is 14.9. The number of carbonyl (C=O) groups is 3. The highest BCUT2D eigenvalue weighted by atomic mass is 16.2. The van der Waals surface area contributed by atoms with Gasteiger partial charge in [0.15, 0.2) is 0 Å². The number of nitrogens with one attached hydrogen (secondary N) is 2. The van der Waals surface area contributed by atoms with Gasteiger partial charge in [-0.3, -0.25) is 19.3 Å². The van der Waals surface area contributed by atoms with Crippen molar-refractivity contribution in [2.45, 2.75) is 6.04 Å². The van der Waals surface area contributed by atoms with Crippen molar-refractivity contribution in [3.05, 3.63) is 71.3 Å². The quantitative estimate of drug-likeness (QED) is 0.734. The molecule has 134 valence electrons. The molecular weight excluding hydrogens is 330 g/mol. The van der Waals surface area contributed by atoms with Gasteiger partial charge in [-0.15, -0.1) is 0 Å². The Hall–Kier alpha value is -2.99. The number of carbonyl (C=O) groups excluding carboxylic acids is 3. The number of benzene rings is 2. The van der Waals surface area contributed by atoms with E-state index >= 15 is 0 Å². The van der Waals surface area contributed by atoms with E-state index in [9.17, 15) is 14.4 Å². The molecule has 1 aliphatic rings. The van der Waals surface area contributed by atoms with Crippen LogP contribution in [0.5, 0.6) is 0 Å². The van der Waals surface area contributed by atoms with E-state index in [2.05, 4.69) is 5.32 Å². The van der Waals surface area contributed by atoms with Crippen molar-refractivity contribution in [2.75, 3.05) is 27.2 Å². The van der Waals surface area contributed by atoms with Crippen LogP contribution >= 0.6 is 0 Å². The van der Waals surface area contributed by atoms with Crippen molar-refractivity contribution in [3.8, 4) is 0 Å². The first-order valence-corrected chi connectivity index (χ1v) is 8.56. The summed E-state index contributed by atoms with van der Waals surface area (Å²) in [6.07, 6.45) is 0. The van der Waals surface area contributed by atoms with E-state index < -0.39 is 11.8 Å². The van der Waals surface area contributed by atoms with Crippen molar-refractivity contribution in [1.29, 1.82) is 0 Å². The largest absolute Gasteiger partial charge is 0.348 e. The van der Waals surface area contributed by atoms with E-state index in [1.54, 1.807) is 24.3 Å². The highest BCUT2D eigenvalue weighted by Gasteiger charge is 2.36. The van der Waals surface area contributed by atoms with Crippen molar-refractivity contribution >= 4 is 17.7 Å². The Labute approximate surface area is 152 Å². The molecule has 0 saturated carbocycles. The Bertz CT molecular complexity index is 798. The molecule has 3 amide bonds. The third-order valence-corrected chi connectivity index (χ3v) is 4.58. The first-order chi connectivity index (χ1) is 12.5. The molecule has 0 bridgehead atoms.